The molecule has 0 bridgehead atoms. The summed E-state index contributed by atoms with van der Waals surface area (Å²) >= 11 is 0. The standard InChI is InChI=1S/C27H27N3O3/c1-3-21(31)17-28-27(32)29-20-13-14-24-19(15-20)16-23(18-9-5-4-6-10-18)26(30-24)22-11-7-8-12-25(22)33-2/h4-16,21,31H,3,17H2,1-2H3,(H2,28,29,32). The van der Waals surface area contributed by atoms with Crippen LogP contribution in [0.3, 0.4) is 0 Å². The molecule has 3 aromatic carbocycles. The number of hydrogen-bond donors (Lipinski definition) is 3. The molecule has 3 N–H and O–H groups in total. The largest absolute Gasteiger partial charge is 0.496 e. The van der Waals surface area contributed by atoms with Crippen molar-refractivity contribution in [2.45, 2.75) is 19.4 Å². The number of nitrogens with zero attached hydrogens (tertiary/aromatic N) is 1. The summed E-state index contributed by atoms with van der Waals surface area (Å²) in [6.45, 7) is 2.07. The van der Waals surface area contributed by atoms with Gasteiger partial charge < -0.3 is 20.5 Å². The number of fused-ring (bicyclic) bond motifs is 1. The molecule has 33 heavy (non-hydrogen) atoms. The molecule has 0 spiro atoms. The van der Waals surface area contributed by atoms with Gasteiger partial charge in [0.1, 0.15) is 5.75 Å². The molecule has 6 heteroatoms. The van der Waals surface area contributed by atoms with Gasteiger partial charge in [-0.2, -0.15) is 0 Å². The lowest BCUT2D eigenvalue weighted by Gasteiger charge is -2.15. The maximum atomic E-state index is 12.2. The first-order chi connectivity index (χ1) is 16.1. The van der Waals surface area contributed by atoms with Gasteiger partial charge in [0, 0.05) is 28.7 Å². The van der Waals surface area contributed by atoms with E-state index in [0.717, 1.165) is 39.0 Å². The van der Waals surface area contributed by atoms with Crippen LogP contribution < -0.4 is 15.4 Å². The summed E-state index contributed by atoms with van der Waals surface area (Å²) in [4.78, 5) is 17.2. The Balaban J connectivity index is 1.75. The van der Waals surface area contributed by atoms with E-state index in [-0.39, 0.29) is 12.6 Å². The van der Waals surface area contributed by atoms with Crippen LogP contribution in [0, 0.1) is 0 Å². The first-order valence-electron chi connectivity index (χ1n) is 11.0. The quantitative estimate of drug-likeness (QED) is 0.355. The highest BCUT2D eigenvalue weighted by atomic mass is 16.5. The molecule has 0 radical (unpaired) electrons. The zero-order valence-corrected chi connectivity index (χ0v) is 18.7. The van der Waals surface area contributed by atoms with Crippen LogP contribution in [0.4, 0.5) is 10.5 Å². The highest BCUT2D eigenvalue weighted by Gasteiger charge is 2.15. The molecule has 0 aliphatic carbocycles. The van der Waals surface area contributed by atoms with Gasteiger partial charge >= 0.3 is 6.03 Å². The van der Waals surface area contributed by atoms with Crippen LogP contribution >= 0.6 is 0 Å². The molecule has 2 amide bonds. The molecule has 4 rings (SSSR count). The Morgan fingerprint density at radius 2 is 1.76 bits per heavy atom. The van der Waals surface area contributed by atoms with Crippen molar-refractivity contribution in [1.82, 2.24) is 10.3 Å². The van der Waals surface area contributed by atoms with Gasteiger partial charge in [-0.15, -0.1) is 0 Å². The number of nitrogens with one attached hydrogen (secondary N) is 2. The van der Waals surface area contributed by atoms with Crippen LogP contribution in [0.25, 0.3) is 33.3 Å². The summed E-state index contributed by atoms with van der Waals surface area (Å²) < 4.78 is 5.60. The number of para-hydroxylation sites is 1. The number of rotatable bonds is 7. The van der Waals surface area contributed by atoms with E-state index in [1.54, 1.807) is 7.11 Å². The Labute approximate surface area is 193 Å². The van der Waals surface area contributed by atoms with Gasteiger partial charge in [-0.3, -0.25) is 0 Å². The highest BCUT2D eigenvalue weighted by Crippen LogP contribution is 2.38. The van der Waals surface area contributed by atoms with Crippen molar-refractivity contribution >= 4 is 22.6 Å². The first kappa shape index (κ1) is 22.3. The second-order valence-electron chi connectivity index (χ2n) is 7.76. The summed E-state index contributed by atoms with van der Waals surface area (Å²) in [7, 11) is 1.66. The summed E-state index contributed by atoms with van der Waals surface area (Å²) in [6.07, 6.45) is 0.0250. The molecule has 168 valence electrons. The van der Waals surface area contributed by atoms with Crippen LogP contribution in [0.5, 0.6) is 5.75 Å². The van der Waals surface area contributed by atoms with Crippen molar-refractivity contribution in [3.8, 4) is 28.1 Å². The number of aliphatic hydroxyl groups is 1. The number of amides is 2. The molecule has 0 saturated heterocycles. The average molecular weight is 442 g/mol. The van der Waals surface area contributed by atoms with Crippen molar-refractivity contribution in [2.24, 2.45) is 0 Å². The van der Waals surface area contributed by atoms with E-state index < -0.39 is 6.10 Å². The number of carbonyl (C=O) groups excluding carboxylic acids is 1. The van der Waals surface area contributed by atoms with Gasteiger partial charge in [0.05, 0.1) is 24.4 Å². The molecule has 1 aromatic heterocycles. The van der Waals surface area contributed by atoms with Gasteiger partial charge in [0.2, 0.25) is 0 Å². The molecule has 1 unspecified atom stereocenters. The third-order valence-electron chi connectivity index (χ3n) is 5.49. The molecule has 4 aromatic rings. The molecular weight excluding hydrogens is 414 g/mol. The lowest BCUT2D eigenvalue weighted by molar-refractivity contribution is 0.168. The maximum absolute atomic E-state index is 12.2. The molecule has 1 atom stereocenters. The van der Waals surface area contributed by atoms with Crippen LogP contribution in [0.15, 0.2) is 78.9 Å². The van der Waals surface area contributed by atoms with Crippen LogP contribution in [0.1, 0.15) is 13.3 Å². The highest BCUT2D eigenvalue weighted by molar-refractivity contribution is 5.96. The summed E-state index contributed by atoms with van der Waals surface area (Å²) in [5.41, 5.74) is 5.22. The number of anilines is 1. The molecule has 6 nitrogen and oxygen atoms in total. The van der Waals surface area contributed by atoms with Crippen molar-refractivity contribution in [1.29, 1.82) is 0 Å². The normalized spacial score (nSPS) is 11.7. The fraction of sp³-hybridized carbons (Fsp3) is 0.185. The topological polar surface area (TPSA) is 83.5 Å². The average Bonchev–Trinajstić information content (AvgIpc) is 2.87. The number of hydrogen-bond acceptors (Lipinski definition) is 4. The Hall–Kier alpha value is -3.90. The SMILES string of the molecule is CCC(O)CNC(=O)Nc1ccc2nc(-c3ccccc3OC)c(-c3ccccc3)cc2c1. The predicted molar refractivity (Wildman–Crippen MR) is 132 cm³/mol. The van der Waals surface area contributed by atoms with E-state index in [2.05, 4.69) is 28.8 Å². The fourth-order valence-corrected chi connectivity index (χ4v) is 3.67. The smallest absolute Gasteiger partial charge is 0.319 e. The maximum Gasteiger partial charge on any atom is 0.319 e. The second-order valence-corrected chi connectivity index (χ2v) is 7.76. The minimum absolute atomic E-state index is 0.206. The van der Waals surface area contributed by atoms with Gasteiger partial charge in [0.15, 0.2) is 0 Å². The lowest BCUT2D eigenvalue weighted by Crippen LogP contribution is -2.34. The van der Waals surface area contributed by atoms with Crippen LogP contribution in [-0.4, -0.2) is 35.9 Å². The van der Waals surface area contributed by atoms with Gasteiger partial charge in [-0.25, -0.2) is 9.78 Å². The van der Waals surface area contributed by atoms with E-state index in [4.69, 9.17) is 9.72 Å². The monoisotopic (exact) mass is 441 g/mol. The summed E-state index contributed by atoms with van der Waals surface area (Å²) in [5.74, 6) is 0.755. The van der Waals surface area contributed by atoms with E-state index in [1.165, 1.54) is 0 Å². The molecule has 0 fully saturated rings. The van der Waals surface area contributed by atoms with Crippen molar-refractivity contribution in [2.75, 3.05) is 19.0 Å². The summed E-state index contributed by atoms with van der Waals surface area (Å²) in [6, 6.07) is 25.3. The van der Waals surface area contributed by atoms with E-state index in [1.807, 2.05) is 67.6 Å². The molecule has 0 aliphatic heterocycles. The van der Waals surface area contributed by atoms with Crippen molar-refractivity contribution in [3.05, 3.63) is 78.9 Å². The Morgan fingerprint density at radius 3 is 2.52 bits per heavy atom. The van der Waals surface area contributed by atoms with E-state index in [9.17, 15) is 9.90 Å². The zero-order chi connectivity index (χ0) is 23.2. The van der Waals surface area contributed by atoms with Gasteiger partial charge in [-0.1, -0.05) is 49.4 Å². The third-order valence-corrected chi connectivity index (χ3v) is 5.49. The number of ether oxygens (including phenoxy) is 1. The minimum atomic E-state index is -0.557. The first-order valence-corrected chi connectivity index (χ1v) is 11.0. The van der Waals surface area contributed by atoms with Crippen molar-refractivity contribution in [3.63, 3.8) is 0 Å². The molecule has 1 heterocycles. The second kappa shape index (κ2) is 10.1. The fourth-order valence-electron chi connectivity index (χ4n) is 3.67. The number of aromatic nitrogens is 1. The molecule has 0 aliphatic rings. The van der Waals surface area contributed by atoms with E-state index >= 15 is 0 Å². The Morgan fingerprint density at radius 1 is 1.00 bits per heavy atom. The number of aliphatic hydroxyl groups excluding tert-OH is 1. The van der Waals surface area contributed by atoms with Gasteiger partial charge in [-0.05, 0) is 48.4 Å². The lowest BCUT2D eigenvalue weighted by atomic mass is 9.97. The molecular formula is C27H27N3O3. The summed E-state index contributed by atoms with van der Waals surface area (Å²) in [5, 5.41) is 16.1. The number of methoxy groups -OCH3 is 1. The van der Waals surface area contributed by atoms with Gasteiger partial charge in [0.25, 0.3) is 0 Å². The minimum Gasteiger partial charge on any atom is -0.496 e. The number of carbonyl (C=O) groups is 1. The number of pyridine rings is 1. The zero-order valence-electron chi connectivity index (χ0n) is 18.7. The predicted octanol–water partition coefficient (Wildman–Crippen LogP) is 5.47. The van der Waals surface area contributed by atoms with Crippen LogP contribution in [0.2, 0.25) is 0 Å². The van der Waals surface area contributed by atoms with E-state index in [0.29, 0.717) is 12.1 Å². The third kappa shape index (κ3) is 5.13. The number of urea groups is 1. The Bertz CT molecular complexity index is 1260. The Kier molecular flexibility index (Phi) is 6.86. The van der Waals surface area contributed by atoms with Crippen molar-refractivity contribution < 1.29 is 14.6 Å². The van der Waals surface area contributed by atoms with Crippen LogP contribution in [-0.2, 0) is 0 Å². The molecule has 0 saturated carbocycles. The number of benzene rings is 3.